The quantitative estimate of drug-likeness (QED) is 0.562. The van der Waals surface area contributed by atoms with Crippen LogP contribution in [-0.4, -0.2) is 16.1 Å². The van der Waals surface area contributed by atoms with E-state index < -0.39 is 5.97 Å². The molecule has 2 N–H and O–H groups in total. The molecular formula is C19H13NO2. The highest BCUT2D eigenvalue weighted by molar-refractivity contribution is 6.07. The van der Waals surface area contributed by atoms with Gasteiger partial charge in [0.05, 0.1) is 11.1 Å². The standard InChI is InChI=1S/C19H13NO2/c21-19(22)16-8-4-3-7-15(16)17-11-13-10-9-12-5-1-2-6-14(12)18(13)20-17/h1-11,20H,(H,21,22). The zero-order valence-electron chi connectivity index (χ0n) is 11.7. The predicted molar refractivity (Wildman–Crippen MR) is 88.2 cm³/mol. The second-order valence-electron chi connectivity index (χ2n) is 5.28. The Balaban J connectivity index is 2.01. The van der Waals surface area contributed by atoms with Gasteiger partial charge in [-0.05, 0) is 17.5 Å². The second kappa shape index (κ2) is 4.74. The summed E-state index contributed by atoms with van der Waals surface area (Å²) in [5.41, 5.74) is 2.87. The largest absolute Gasteiger partial charge is 0.478 e. The van der Waals surface area contributed by atoms with Crippen molar-refractivity contribution >= 4 is 27.6 Å². The number of aromatic carboxylic acids is 1. The highest BCUT2D eigenvalue weighted by Crippen LogP contribution is 2.31. The van der Waals surface area contributed by atoms with Gasteiger partial charge in [0.25, 0.3) is 0 Å². The maximum Gasteiger partial charge on any atom is 0.336 e. The molecule has 0 saturated carbocycles. The fourth-order valence-corrected chi connectivity index (χ4v) is 2.92. The summed E-state index contributed by atoms with van der Waals surface area (Å²) in [7, 11) is 0. The van der Waals surface area contributed by atoms with Gasteiger partial charge in [-0.3, -0.25) is 0 Å². The van der Waals surface area contributed by atoms with Crippen molar-refractivity contribution < 1.29 is 9.90 Å². The Morgan fingerprint density at radius 3 is 2.45 bits per heavy atom. The molecule has 0 radical (unpaired) electrons. The van der Waals surface area contributed by atoms with Gasteiger partial charge in [0.15, 0.2) is 0 Å². The van der Waals surface area contributed by atoms with Gasteiger partial charge in [0, 0.05) is 22.0 Å². The van der Waals surface area contributed by atoms with Crippen LogP contribution in [0.25, 0.3) is 32.9 Å². The number of benzene rings is 3. The molecule has 3 aromatic carbocycles. The van der Waals surface area contributed by atoms with Crippen LogP contribution in [0.4, 0.5) is 0 Å². The number of carboxylic acid groups (broad SMARTS) is 1. The molecular weight excluding hydrogens is 274 g/mol. The van der Waals surface area contributed by atoms with Crippen molar-refractivity contribution in [2.45, 2.75) is 0 Å². The SMILES string of the molecule is O=C(O)c1ccccc1-c1cc2ccc3ccccc3c2[nH]1. The lowest BCUT2D eigenvalue weighted by molar-refractivity contribution is 0.0697. The number of aromatic nitrogens is 1. The van der Waals surface area contributed by atoms with E-state index in [2.05, 4.69) is 29.2 Å². The molecule has 0 aliphatic heterocycles. The van der Waals surface area contributed by atoms with E-state index in [1.165, 1.54) is 0 Å². The average molecular weight is 287 g/mol. The van der Waals surface area contributed by atoms with Crippen LogP contribution in [0.2, 0.25) is 0 Å². The monoisotopic (exact) mass is 287 g/mol. The molecule has 1 aromatic heterocycles. The van der Waals surface area contributed by atoms with Gasteiger partial charge in [-0.25, -0.2) is 4.79 Å². The summed E-state index contributed by atoms with van der Waals surface area (Å²) in [5.74, 6) is -0.917. The molecule has 0 saturated heterocycles. The van der Waals surface area contributed by atoms with Crippen molar-refractivity contribution in [1.29, 1.82) is 0 Å². The van der Waals surface area contributed by atoms with E-state index in [9.17, 15) is 9.90 Å². The molecule has 0 atom stereocenters. The minimum absolute atomic E-state index is 0.304. The molecule has 0 bridgehead atoms. The van der Waals surface area contributed by atoms with Crippen LogP contribution >= 0.6 is 0 Å². The van der Waals surface area contributed by atoms with E-state index in [0.717, 1.165) is 27.4 Å². The molecule has 0 fully saturated rings. The molecule has 4 aromatic rings. The summed E-state index contributed by atoms with van der Waals surface area (Å²) in [6.07, 6.45) is 0. The summed E-state index contributed by atoms with van der Waals surface area (Å²) >= 11 is 0. The van der Waals surface area contributed by atoms with E-state index >= 15 is 0 Å². The molecule has 0 unspecified atom stereocenters. The fraction of sp³-hybridized carbons (Fsp3) is 0. The van der Waals surface area contributed by atoms with E-state index in [0.29, 0.717) is 11.1 Å². The third kappa shape index (κ3) is 1.87. The van der Waals surface area contributed by atoms with Gasteiger partial charge in [0.1, 0.15) is 0 Å². The fourth-order valence-electron chi connectivity index (χ4n) is 2.92. The van der Waals surface area contributed by atoms with Gasteiger partial charge < -0.3 is 10.1 Å². The Kier molecular flexibility index (Phi) is 2.73. The second-order valence-corrected chi connectivity index (χ2v) is 5.28. The summed E-state index contributed by atoms with van der Waals surface area (Å²) in [4.78, 5) is 14.8. The predicted octanol–water partition coefficient (Wildman–Crippen LogP) is 4.69. The van der Waals surface area contributed by atoms with Crippen molar-refractivity contribution in [2.24, 2.45) is 0 Å². The lowest BCUT2D eigenvalue weighted by atomic mass is 10.0. The van der Waals surface area contributed by atoms with Crippen molar-refractivity contribution in [2.75, 3.05) is 0 Å². The highest BCUT2D eigenvalue weighted by Gasteiger charge is 2.13. The minimum Gasteiger partial charge on any atom is -0.478 e. The van der Waals surface area contributed by atoms with Crippen molar-refractivity contribution in [1.82, 2.24) is 4.98 Å². The summed E-state index contributed by atoms with van der Waals surface area (Å²) < 4.78 is 0. The van der Waals surface area contributed by atoms with Crippen LogP contribution in [0.3, 0.4) is 0 Å². The first kappa shape index (κ1) is 12.7. The number of rotatable bonds is 2. The van der Waals surface area contributed by atoms with Gasteiger partial charge in [-0.1, -0.05) is 54.6 Å². The summed E-state index contributed by atoms with van der Waals surface area (Å²) in [6.45, 7) is 0. The number of fused-ring (bicyclic) bond motifs is 3. The Labute approximate surface area is 126 Å². The lowest BCUT2D eigenvalue weighted by Crippen LogP contribution is -1.98. The van der Waals surface area contributed by atoms with Gasteiger partial charge in [-0.2, -0.15) is 0 Å². The van der Waals surface area contributed by atoms with Crippen molar-refractivity contribution in [3.05, 3.63) is 72.3 Å². The highest BCUT2D eigenvalue weighted by atomic mass is 16.4. The molecule has 22 heavy (non-hydrogen) atoms. The molecule has 4 rings (SSSR count). The zero-order chi connectivity index (χ0) is 15.1. The maximum absolute atomic E-state index is 11.4. The number of aromatic amines is 1. The Bertz CT molecular complexity index is 1010. The van der Waals surface area contributed by atoms with Crippen molar-refractivity contribution in [3.8, 4) is 11.3 Å². The molecule has 106 valence electrons. The first-order valence-electron chi connectivity index (χ1n) is 7.07. The molecule has 3 heteroatoms. The van der Waals surface area contributed by atoms with E-state index in [1.807, 2.05) is 30.3 Å². The van der Waals surface area contributed by atoms with E-state index in [1.54, 1.807) is 12.1 Å². The zero-order valence-corrected chi connectivity index (χ0v) is 11.7. The average Bonchev–Trinajstić information content (AvgIpc) is 2.99. The third-order valence-electron chi connectivity index (χ3n) is 3.97. The summed E-state index contributed by atoms with van der Waals surface area (Å²) in [6, 6.07) is 21.4. The van der Waals surface area contributed by atoms with Crippen LogP contribution < -0.4 is 0 Å². The molecule has 0 aliphatic carbocycles. The Morgan fingerprint density at radius 1 is 0.864 bits per heavy atom. The lowest BCUT2D eigenvalue weighted by Gasteiger charge is -2.03. The molecule has 1 heterocycles. The minimum atomic E-state index is -0.917. The van der Waals surface area contributed by atoms with Crippen LogP contribution in [0.1, 0.15) is 10.4 Å². The molecule has 0 aliphatic rings. The molecule has 0 amide bonds. The first-order valence-corrected chi connectivity index (χ1v) is 7.07. The number of hydrogen-bond donors (Lipinski definition) is 2. The number of carboxylic acids is 1. The number of nitrogens with one attached hydrogen (secondary N) is 1. The van der Waals surface area contributed by atoms with Crippen LogP contribution in [0.5, 0.6) is 0 Å². The van der Waals surface area contributed by atoms with Gasteiger partial charge in [0.2, 0.25) is 0 Å². The van der Waals surface area contributed by atoms with Crippen LogP contribution in [0, 0.1) is 0 Å². The normalized spacial score (nSPS) is 11.1. The van der Waals surface area contributed by atoms with E-state index in [4.69, 9.17) is 0 Å². The Morgan fingerprint density at radius 2 is 1.59 bits per heavy atom. The van der Waals surface area contributed by atoms with E-state index in [-0.39, 0.29) is 0 Å². The number of hydrogen-bond acceptors (Lipinski definition) is 1. The Hall–Kier alpha value is -3.07. The molecule has 0 spiro atoms. The van der Waals surface area contributed by atoms with Gasteiger partial charge >= 0.3 is 5.97 Å². The third-order valence-corrected chi connectivity index (χ3v) is 3.97. The summed E-state index contributed by atoms with van der Waals surface area (Å²) in [5, 5.41) is 12.7. The molecule has 3 nitrogen and oxygen atoms in total. The maximum atomic E-state index is 11.4. The number of H-pyrrole nitrogens is 1. The first-order chi connectivity index (χ1) is 10.7. The van der Waals surface area contributed by atoms with Crippen LogP contribution in [0.15, 0.2) is 66.7 Å². The van der Waals surface area contributed by atoms with Crippen LogP contribution in [-0.2, 0) is 0 Å². The smallest absolute Gasteiger partial charge is 0.336 e. The topological polar surface area (TPSA) is 53.1 Å². The van der Waals surface area contributed by atoms with Crippen molar-refractivity contribution in [3.63, 3.8) is 0 Å². The number of carbonyl (C=O) groups is 1. The van der Waals surface area contributed by atoms with Gasteiger partial charge in [-0.15, -0.1) is 0 Å².